The van der Waals surface area contributed by atoms with Crippen LogP contribution in [0.2, 0.25) is 0 Å². The Hall–Kier alpha value is -2.80. The Bertz CT molecular complexity index is 724. The third-order valence-electron chi connectivity index (χ3n) is 3.41. The molecule has 0 N–H and O–H groups in total. The molecule has 0 atom stereocenters. The van der Waals surface area contributed by atoms with Crippen molar-refractivity contribution in [3.05, 3.63) is 102 Å². The lowest BCUT2D eigenvalue weighted by atomic mass is 10.1. The molecule has 0 saturated heterocycles. The molecule has 0 fully saturated rings. The van der Waals surface area contributed by atoms with Gasteiger partial charge >= 0.3 is 0 Å². The van der Waals surface area contributed by atoms with Crippen LogP contribution in [0, 0.1) is 0 Å². The van der Waals surface area contributed by atoms with E-state index in [-0.39, 0.29) is 0 Å². The number of benzene rings is 1. The van der Waals surface area contributed by atoms with Gasteiger partial charge in [0, 0.05) is 0 Å². The lowest BCUT2D eigenvalue weighted by Crippen LogP contribution is -1.92. The minimum atomic E-state index is 0.570. The van der Waals surface area contributed by atoms with E-state index in [9.17, 15) is 0 Å². The Morgan fingerprint density at radius 3 is 2.33 bits per heavy atom. The van der Waals surface area contributed by atoms with Gasteiger partial charge in [0.1, 0.15) is 11.5 Å². The first-order valence-corrected chi connectivity index (χ1v) is 7.95. The molecule has 124 valence electrons. The van der Waals surface area contributed by atoms with Crippen molar-refractivity contribution in [2.75, 3.05) is 0 Å². The van der Waals surface area contributed by atoms with Gasteiger partial charge in [-0.1, -0.05) is 68.3 Å². The molecule has 0 aromatic heterocycles. The zero-order valence-electron chi connectivity index (χ0n) is 14.9. The summed E-state index contributed by atoms with van der Waals surface area (Å²) < 4.78 is 5.81. The van der Waals surface area contributed by atoms with Crippen molar-refractivity contribution in [2.24, 2.45) is 0 Å². The molecule has 0 spiro atoms. The quantitative estimate of drug-likeness (QED) is 0.374. The fourth-order valence-electron chi connectivity index (χ4n) is 2.20. The number of ether oxygens (including phenoxy) is 1. The highest BCUT2D eigenvalue weighted by Gasteiger charge is 2.01. The summed E-state index contributed by atoms with van der Waals surface area (Å²) in [4.78, 5) is 0. The number of allylic oxidation sites excluding steroid dienone is 8. The maximum Gasteiger partial charge on any atom is 0.128 e. The fourth-order valence-corrected chi connectivity index (χ4v) is 2.20. The molecule has 1 aromatic carbocycles. The van der Waals surface area contributed by atoms with E-state index in [0.29, 0.717) is 5.76 Å². The maximum absolute atomic E-state index is 5.81. The molecule has 0 aliphatic carbocycles. The van der Waals surface area contributed by atoms with E-state index in [1.54, 1.807) is 0 Å². The highest BCUT2D eigenvalue weighted by atomic mass is 16.5. The van der Waals surface area contributed by atoms with Gasteiger partial charge in [0.15, 0.2) is 0 Å². The van der Waals surface area contributed by atoms with Gasteiger partial charge in [0.2, 0.25) is 0 Å². The SMILES string of the molecule is C=CC(/C=C\C(=C)Oc1ccc(C=C)c(/C=C\C)c1)=C(C)\C=C/C. The van der Waals surface area contributed by atoms with Crippen LogP contribution in [0.3, 0.4) is 0 Å². The molecule has 0 unspecified atom stereocenters. The molecular weight excluding hydrogens is 292 g/mol. The Morgan fingerprint density at radius 2 is 1.75 bits per heavy atom. The lowest BCUT2D eigenvalue weighted by Gasteiger charge is -2.08. The van der Waals surface area contributed by atoms with Crippen molar-refractivity contribution in [3.8, 4) is 5.75 Å². The Balaban J connectivity index is 2.94. The second kappa shape index (κ2) is 10.1. The van der Waals surface area contributed by atoms with Gasteiger partial charge in [-0.2, -0.15) is 0 Å². The molecule has 24 heavy (non-hydrogen) atoms. The molecule has 0 saturated carbocycles. The highest BCUT2D eigenvalue weighted by molar-refractivity contribution is 5.66. The maximum atomic E-state index is 5.81. The Kier molecular flexibility index (Phi) is 8.07. The van der Waals surface area contributed by atoms with E-state index in [1.165, 1.54) is 0 Å². The number of rotatable bonds is 8. The summed E-state index contributed by atoms with van der Waals surface area (Å²) in [5.74, 6) is 1.32. The van der Waals surface area contributed by atoms with Crippen molar-refractivity contribution in [2.45, 2.75) is 20.8 Å². The Morgan fingerprint density at radius 1 is 1.00 bits per heavy atom. The molecule has 1 rings (SSSR count). The summed E-state index contributed by atoms with van der Waals surface area (Å²) in [6.45, 7) is 17.7. The molecule has 1 nitrogen and oxygen atoms in total. The normalized spacial score (nSPS) is 12.6. The molecule has 0 bridgehead atoms. The third kappa shape index (κ3) is 5.77. The van der Waals surface area contributed by atoms with Crippen LogP contribution in [0.25, 0.3) is 12.2 Å². The Labute approximate surface area is 146 Å². The topological polar surface area (TPSA) is 9.23 Å². The van der Waals surface area contributed by atoms with E-state index in [1.807, 2.05) is 87.6 Å². The summed E-state index contributed by atoms with van der Waals surface area (Å²) in [7, 11) is 0. The van der Waals surface area contributed by atoms with Crippen molar-refractivity contribution in [1.82, 2.24) is 0 Å². The smallest absolute Gasteiger partial charge is 0.128 e. The fraction of sp³-hybridized carbons (Fsp3) is 0.130. The van der Waals surface area contributed by atoms with Crippen LogP contribution in [0.1, 0.15) is 31.9 Å². The third-order valence-corrected chi connectivity index (χ3v) is 3.41. The van der Waals surface area contributed by atoms with Crippen LogP contribution in [0.15, 0.2) is 91.3 Å². The average Bonchev–Trinajstić information content (AvgIpc) is 2.56. The van der Waals surface area contributed by atoms with Gasteiger partial charge in [0.25, 0.3) is 0 Å². The van der Waals surface area contributed by atoms with E-state index in [2.05, 4.69) is 19.7 Å². The van der Waals surface area contributed by atoms with E-state index < -0.39 is 0 Å². The first-order valence-electron chi connectivity index (χ1n) is 7.95. The van der Waals surface area contributed by atoms with E-state index in [4.69, 9.17) is 4.74 Å². The molecular formula is C23H26O. The summed E-state index contributed by atoms with van der Waals surface area (Å²) in [5.41, 5.74) is 4.31. The van der Waals surface area contributed by atoms with Gasteiger partial charge in [-0.05, 0) is 61.3 Å². The molecule has 1 aromatic rings. The van der Waals surface area contributed by atoms with Gasteiger partial charge in [0.05, 0.1) is 0 Å². The minimum absolute atomic E-state index is 0.570. The van der Waals surface area contributed by atoms with Gasteiger partial charge in [-0.3, -0.25) is 0 Å². The molecule has 0 aliphatic rings. The van der Waals surface area contributed by atoms with Crippen LogP contribution in [-0.4, -0.2) is 0 Å². The van der Waals surface area contributed by atoms with Crippen LogP contribution >= 0.6 is 0 Å². The van der Waals surface area contributed by atoms with Crippen LogP contribution in [0.5, 0.6) is 5.75 Å². The zero-order chi connectivity index (χ0) is 17.9. The van der Waals surface area contributed by atoms with E-state index in [0.717, 1.165) is 28.0 Å². The van der Waals surface area contributed by atoms with Gasteiger partial charge in [-0.15, -0.1) is 0 Å². The summed E-state index contributed by atoms with van der Waals surface area (Å²) >= 11 is 0. The molecule has 0 amide bonds. The molecule has 1 heteroatoms. The summed E-state index contributed by atoms with van der Waals surface area (Å²) in [6.07, 6.45) is 15.5. The van der Waals surface area contributed by atoms with Crippen LogP contribution in [-0.2, 0) is 0 Å². The summed E-state index contributed by atoms with van der Waals surface area (Å²) in [5, 5.41) is 0. The first kappa shape index (κ1) is 19.2. The summed E-state index contributed by atoms with van der Waals surface area (Å²) in [6, 6.07) is 5.88. The van der Waals surface area contributed by atoms with Crippen molar-refractivity contribution in [3.63, 3.8) is 0 Å². The minimum Gasteiger partial charge on any atom is -0.458 e. The number of hydrogen-bond acceptors (Lipinski definition) is 1. The van der Waals surface area contributed by atoms with Crippen molar-refractivity contribution in [1.29, 1.82) is 0 Å². The predicted molar refractivity (Wildman–Crippen MR) is 108 cm³/mol. The second-order valence-corrected chi connectivity index (χ2v) is 5.24. The molecule has 0 radical (unpaired) electrons. The van der Waals surface area contributed by atoms with E-state index >= 15 is 0 Å². The van der Waals surface area contributed by atoms with Crippen LogP contribution in [0.4, 0.5) is 0 Å². The van der Waals surface area contributed by atoms with Crippen molar-refractivity contribution < 1.29 is 4.74 Å². The van der Waals surface area contributed by atoms with Gasteiger partial charge in [-0.25, -0.2) is 0 Å². The van der Waals surface area contributed by atoms with Crippen LogP contribution < -0.4 is 4.74 Å². The second-order valence-electron chi connectivity index (χ2n) is 5.24. The zero-order valence-corrected chi connectivity index (χ0v) is 14.9. The molecule has 0 aliphatic heterocycles. The molecule has 0 heterocycles. The van der Waals surface area contributed by atoms with Crippen molar-refractivity contribution >= 4 is 12.2 Å². The first-order chi connectivity index (χ1) is 11.5. The monoisotopic (exact) mass is 318 g/mol. The predicted octanol–water partition coefficient (Wildman–Crippen LogP) is 6.89. The van der Waals surface area contributed by atoms with Gasteiger partial charge < -0.3 is 4.74 Å². The highest BCUT2D eigenvalue weighted by Crippen LogP contribution is 2.22. The number of hydrogen-bond donors (Lipinski definition) is 0. The largest absolute Gasteiger partial charge is 0.458 e. The standard InChI is InChI=1S/C23H26O/c1-7-11-18(5)20(9-3)14-13-19(6)24-23-16-15-21(10-4)22(17-23)12-8-2/h7-17H,3-4,6H2,1-2,5H3/b11-7-,12-8-,14-13-,20-18+. The average molecular weight is 318 g/mol. The lowest BCUT2D eigenvalue weighted by molar-refractivity contribution is 0.447.